The standard InChI is InChI=1S/C8H12N4O3/c13-7(9-3-1-8(14)15)2-5-12-6-4-10-11-12/h4,6H,1-3,5H2,(H,9,13)(H,14,15). The summed E-state index contributed by atoms with van der Waals surface area (Å²) in [5, 5.41) is 18.1. The Labute approximate surface area is 86.1 Å². The van der Waals surface area contributed by atoms with E-state index in [9.17, 15) is 9.59 Å². The van der Waals surface area contributed by atoms with Crippen LogP contribution in [-0.2, 0) is 16.1 Å². The maximum atomic E-state index is 11.2. The summed E-state index contributed by atoms with van der Waals surface area (Å²) in [5.41, 5.74) is 0. The highest BCUT2D eigenvalue weighted by molar-refractivity contribution is 5.76. The second-order valence-electron chi connectivity index (χ2n) is 2.91. The van der Waals surface area contributed by atoms with E-state index in [4.69, 9.17) is 5.11 Å². The quantitative estimate of drug-likeness (QED) is 0.647. The summed E-state index contributed by atoms with van der Waals surface area (Å²) in [7, 11) is 0. The largest absolute Gasteiger partial charge is 0.481 e. The molecule has 0 spiro atoms. The topological polar surface area (TPSA) is 97.1 Å². The molecule has 15 heavy (non-hydrogen) atoms. The van der Waals surface area contributed by atoms with E-state index in [1.807, 2.05) is 0 Å². The van der Waals surface area contributed by atoms with Gasteiger partial charge in [0.05, 0.1) is 19.2 Å². The van der Waals surface area contributed by atoms with Crippen molar-refractivity contribution in [1.82, 2.24) is 20.3 Å². The number of amides is 1. The fourth-order valence-corrected chi connectivity index (χ4v) is 0.965. The summed E-state index contributed by atoms with van der Waals surface area (Å²) in [6.07, 6.45) is 3.39. The van der Waals surface area contributed by atoms with Crippen LogP contribution in [0.2, 0.25) is 0 Å². The van der Waals surface area contributed by atoms with Crippen molar-refractivity contribution in [2.45, 2.75) is 19.4 Å². The van der Waals surface area contributed by atoms with Crippen LogP contribution in [0.25, 0.3) is 0 Å². The number of carbonyl (C=O) groups is 2. The highest BCUT2D eigenvalue weighted by atomic mass is 16.4. The Morgan fingerprint density at radius 1 is 1.40 bits per heavy atom. The molecule has 0 aliphatic carbocycles. The van der Waals surface area contributed by atoms with Crippen molar-refractivity contribution < 1.29 is 14.7 Å². The molecular weight excluding hydrogens is 200 g/mol. The van der Waals surface area contributed by atoms with Gasteiger partial charge in [0.15, 0.2) is 0 Å². The van der Waals surface area contributed by atoms with Crippen molar-refractivity contribution in [3.63, 3.8) is 0 Å². The Bertz CT molecular complexity index is 323. The summed E-state index contributed by atoms with van der Waals surface area (Å²) in [4.78, 5) is 21.3. The van der Waals surface area contributed by atoms with Crippen molar-refractivity contribution >= 4 is 11.9 Å². The number of aromatic nitrogens is 3. The van der Waals surface area contributed by atoms with Crippen molar-refractivity contribution in [3.05, 3.63) is 12.4 Å². The Morgan fingerprint density at radius 3 is 2.80 bits per heavy atom. The van der Waals surface area contributed by atoms with Crippen molar-refractivity contribution in [2.24, 2.45) is 0 Å². The first-order valence-corrected chi connectivity index (χ1v) is 4.51. The molecule has 0 aliphatic rings. The van der Waals surface area contributed by atoms with Crippen LogP contribution < -0.4 is 5.32 Å². The number of rotatable bonds is 6. The molecule has 1 aromatic heterocycles. The van der Waals surface area contributed by atoms with Gasteiger partial charge in [0.2, 0.25) is 5.91 Å². The Kier molecular flexibility index (Phi) is 4.27. The van der Waals surface area contributed by atoms with Crippen LogP contribution in [-0.4, -0.2) is 38.5 Å². The van der Waals surface area contributed by atoms with Gasteiger partial charge in [0.1, 0.15) is 0 Å². The van der Waals surface area contributed by atoms with E-state index in [1.54, 1.807) is 6.20 Å². The van der Waals surface area contributed by atoms with Crippen molar-refractivity contribution in [3.8, 4) is 0 Å². The van der Waals surface area contributed by atoms with E-state index >= 15 is 0 Å². The minimum absolute atomic E-state index is 0.0605. The molecule has 0 aromatic carbocycles. The van der Waals surface area contributed by atoms with Gasteiger partial charge >= 0.3 is 5.97 Å². The average Bonchev–Trinajstić information content (AvgIpc) is 2.66. The minimum atomic E-state index is -0.924. The molecule has 2 N–H and O–H groups in total. The third-order valence-corrected chi connectivity index (χ3v) is 1.70. The van der Waals surface area contributed by atoms with Crippen LogP contribution in [0.5, 0.6) is 0 Å². The van der Waals surface area contributed by atoms with Crippen molar-refractivity contribution in [2.75, 3.05) is 6.54 Å². The number of carboxylic acid groups (broad SMARTS) is 1. The molecule has 1 rings (SSSR count). The third kappa shape index (κ3) is 4.75. The molecule has 1 amide bonds. The van der Waals surface area contributed by atoms with Gasteiger partial charge in [-0.2, -0.15) is 0 Å². The molecule has 0 radical (unpaired) electrons. The van der Waals surface area contributed by atoms with Gasteiger partial charge in [0.25, 0.3) is 0 Å². The van der Waals surface area contributed by atoms with E-state index in [-0.39, 0.29) is 25.3 Å². The molecule has 0 saturated heterocycles. The van der Waals surface area contributed by atoms with Crippen LogP contribution in [0.4, 0.5) is 0 Å². The summed E-state index contributed by atoms with van der Waals surface area (Å²) in [5.74, 6) is -1.11. The first-order valence-electron chi connectivity index (χ1n) is 4.51. The van der Waals surface area contributed by atoms with Crippen LogP contribution in [0.3, 0.4) is 0 Å². The van der Waals surface area contributed by atoms with Gasteiger partial charge in [-0.05, 0) is 0 Å². The smallest absolute Gasteiger partial charge is 0.305 e. The molecule has 0 atom stereocenters. The number of nitrogens with one attached hydrogen (secondary N) is 1. The minimum Gasteiger partial charge on any atom is -0.481 e. The van der Waals surface area contributed by atoms with Gasteiger partial charge < -0.3 is 10.4 Å². The molecule has 0 fully saturated rings. The second-order valence-corrected chi connectivity index (χ2v) is 2.91. The first kappa shape index (κ1) is 11.2. The highest BCUT2D eigenvalue weighted by Gasteiger charge is 2.03. The summed E-state index contributed by atoms with van der Waals surface area (Å²) >= 11 is 0. The van der Waals surface area contributed by atoms with Crippen LogP contribution >= 0.6 is 0 Å². The van der Waals surface area contributed by atoms with Gasteiger partial charge in [0, 0.05) is 19.2 Å². The molecule has 0 saturated carbocycles. The normalized spacial score (nSPS) is 9.87. The Balaban J connectivity index is 2.11. The predicted octanol–water partition coefficient (Wildman–Crippen LogP) is -0.741. The molecule has 1 heterocycles. The maximum absolute atomic E-state index is 11.2. The lowest BCUT2D eigenvalue weighted by Gasteiger charge is -2.02. The Hall–Kier alpha value is -1.92. The molecule has 82 valence electrons. The van der Waals surface area contributed by atoms with E-state index in [0.717, 1.165) is 0 Å². The maximum Gasteiger partial charge on any atom is 0.305 e. The number of aliphatic carboxylic acids is 1. The number of carbonyl (C=O) groups excluding carboxylic acids is 1. The van der Waals surface area contributed by atoms with E-state index < -0.39 is 5.97 Å². The van der Waals surface area contributed by atoms with Gasteiger partial charge in [-0.25, -0.2) is 0 Å². The average molecular weight is 212 g/mol. The van der Waals surface area contributed by atoms with Crippen molar-refractivity contribution in [1.29, 1.82) is 0 Å². The fraction of sp³-hybridized carbons (Fsp3) is 0.500. The van der Waals surface area contributed by atoms with E-state index in [1.165, 1.54) is 10.9 Å². The lowest BCUT2D eigenvalue weighted by molar-refractivity contribution is -0.136. The molecule has 0 bridgehead atoms. The van der Waals surface area contributed by atoms with Crippen LogP contribution in [0.15, 0.2) is 12.4 Å². The zero-order chi connectivity index (χ0) is 11.1. The van der Waals surface area contributed by atoms with Gasteiger partial charge in [-0.3, -0.25) is 14.3 Å². The molecule has 1 aromatic rings. The fourth-order valence-electron chi connectivity index (χ4n) is 0.965. The number of nitrogens with zero attached hydrogens (tertiary/aromatic N) is 3. The molecular formula is C8H12N4O3. The first-order chi connectivity index (χ1) is 7.18. The lowest BCUT2D eigenvalue weighted by Crippen LogP contribution is -2.26. The summed E-state index contributed by atoms with van der Waals surface area (Å²) in [6.45, 7) is 0.602. The van der Waals surface area contributed by atoms with Crippen LogP contribution in [0, 0.1) is 0 Å². The number of hydrogen-bond donors (Lipinski definition) is 2. The zero-order valence-corrected chi connectivity index (χ0v) is 8.09. The summed E-state index contributed by atoms with van der Waals surface area (Å²) in [6, 6.07) is 0. The lowest BCUT2D eigenvalue weighted by atomic mass is 10.3. The SMILES string of the molecule is O=C(O)CCNC(=O)CCn1ccnn1. The number of aryl methyl sites for hydroxylation is 1. The summed E-state index contributed by atoms with van der Waals surface area (Å²) < 4.78 is 1.54. The molecule has 0 aliphatic heterocycles. The predicted molar refractivity (Wildman–Crippen MR) is 49.9 cm³/mol. The number of hydrogen-bond acceptors (Lipinski definition) is 4. The van der Waals surface area contributed by atoms with E-state index in [2.05, 4.69) is 15.6 Å². The second kappa shape index (κ2) is 5.74. The zero-order valence-electron chi connectivity index (χ0n) is 8.09. The van der Waals surface area contributed by atoms with E-state index in [0.29, 0.717) is 6.54 Å². The van der Waals surface area contributed by atoms with Crippen LogP contribution in [0.1, 0.15) is 12.8 Å². The Morgan fingerprint density at radius 2 is 2.20 bits per heavy atom. The van der Waals surface area contributed by atoms with Gasteiger partial charge in [-0.15, -0.1) is 5.10 Å². The monoisotopic (exact) mass is 212 g/mol. The molecule has 7 nitrogen and oxygen atoms in total. The number of carboxylic acids is 1. The van der Waals surface area contributed by atoms with Gasteiger partial charge in [-0.1, -0.05) is 5.21 Å². The molecule has 7 heteroatoms. The molecule has 0 unspecified atom stereocenters. The highest BCUT2D eigenvalue weighted by Crippen LogP contribution is 1.87. The third-order valence-electron chi connectivity index (χ3n) is 1.70.